The standard InChI is InChI=1S/C9H14N4O2/c1-7-9(12-15-11-7)10-8(14)6-13-4-2-3-5-13/h2-6H2,1H3,(H,10,12,14). The highest BCUT2D eigenvalue weighted by molar-refractivity contribution is 5.91. The summed E-state index contributed by atoms with van der Waals surface area (Å²) in [4.78, 5) is 13.7. The van der Waals surface area contributed by atoms with Crippen molar-refractivity contribution in [3.63, 3.8) is 0 Å². The van der Waals surface area contributed by atoms with Crippen LogP contribution in [0.15, 0.2) is 4.63 Å². The average Bonchev–Trinajstić information content (AvgIpc) is 2.79. The maximum Gasteiger partial charge on any atom is 0.239 e. The summed E-state index contributed by atoms with van der Waals surface area (Å²) in [5.41, 5.74) is 0.602. The van der Waals surface area contributed by atoms with Crippen molar-refractivity contribution in [2.45, 2.75) is 19.8 Å². The van der Waals surface area contributed by atoms with E-state index in [4.69, 9.17) is 0 Å². The maximum absolute atomic E-state index is 11.6. The van der Waals surface area contributed by atoms with Gasteiger partial charge in [0.2, 0.25) is 5.91 Å². The predicted molar refractivity (Wildman–Crippen MR) is 53.3 cm³/mol. The van der Waals surface area contributed by atoms with Crippen LogP contribution in [0.25, 0.3) is 0 Å². The van der Waals surface area contributed by atoms with Crippen LogP contribution in [0.4, 0.5) is 5.82 Å². The van der Waals surface area contributed by atoms with E-state index in [0.29, 0.717) is 18.1 Å². The molecule has 0 aromatic carbocycles. The van der Waals surface area contributed by atoms with Gasteiger partial charge in [-0.25, -0.2) is 4.63 Å². The van der Waals surface area contributed by atoms with Gasteiger partial charge in [-0.05, 0) is 38.0 Å². The van der Waals surface area contributed by atoms with Gasteiger partial charge in [-0.15, -0.1) is 0 Å². The Balaban J connectivity index is 1.84. The van der Waals surface area contributed by atoms with Crippen molar-refractivity contribution in [3.05, 3.63) is 5.69 Å². The van der Waals surface area contributed by atoms with Crippen LogP contribution in [0, 0.1) is 6.92 Å². The summed E-state index contributed by atoms with van der Waals surface area (Å²) in [6, 6.07) is 0. The first kappa shape index (κ1) is 10.1. The minimum absolute atomic E-state index is 0.0595. The van der Waals surface area contributed by atoms with Crippen molar-refractivity contribution in [2.24, 2.45) is 0 Å². The Morgan fingerprint density at radius 1 is 1.47 bits per heavy atom. The third-order valence-corrected chi connectivity index (χ3v) is 2.48. The second kappa shape index (κ2) is 4.39. The molecule has 2 rings (SSSR count). The lowest BCUT2D eigenvalue weighted by molar-refractivity contribution is -0.117. The van der Waals surface area contributed by atoms with Crippen LogP contribution >= 0.6 is 0 Å². The molecule has 1 aliphatic heterocycles. The quantitative estimate of drug-likeness (QED) is 0.782. The Kier molecular flexibility index (Phi) is 2.96. The summed E-state index contributed by atoms with van der Waals surface area (Å²) < 4.78 is 4.49. The van der Waals surface area contributed by atoms with Crippen LogP contribution < -0.4 is 5.32 Å². The third kappa shape index (κ3) is 2.53. The fourth-order valence-corrected chi connectivity index (χ4v) is 1.66. The van der Waals surface area contributed by atoms with Gasteiger partial charge >= 0.3 is 0 Å². The van der Waals surface area contributed by atoms with E-state index in [-0.39, 0.29) is 5.91 Å². The monoisotopic (exact) mass is 210 g/mol. The first-order chi connectivity index (χ1) is 7.25. The van der Waals surface area contributed by atoms with Crippen LogP contribution in [-0.2, 0) is 4.79 Å². The SMILES string of the molecule is Cc1nonc1NC(=O)CN1CCCC1. The molecule has 1 N–H and O–H groups in total. The maximum atomic E-state index is 11.6. The second-order valence-corrected chi connectivity index (χ2v) is 3.73. The molecule has 0 spiro atoms. The first-order valence-corrected chi connectivity index (χ1v) is 5.07. The molecule has 1 saturated heterocycles. The molecular formula is C9H14N4O2. The first-order valence-electron chi connectivity index (χ1n) is 5.07. The number of nitrogens with one attached hydrogen (secondary N) is 1. The minimum Gasteiger partial charge on any atom is -0.305 e. The van der Waals surface area contributed by atoms with Crippen LogP contribution in [0.1, 0.15) is 18.5 Å². The van der Waals surface area contributed by atoms with Gasteiger partial charge in [-0.2, -0.15) is 0 Å². The zero-order valence-corrected chi connectivity index (χ0v) is 8.69. The summed E-state index contributed by atoms with van der Waals surface area (Å²) >= 11 is 0. The van der Waals surface area contributed by atoms with Gasteiger partial charge < -0.3 is 5.32 Å². The molecule has 2 heterocycles. The molecule has 0 radical (unpaired) electrons. The zero-order chi connectivity index (χ0) is 10.7. The van der Waals surface area contributed by atoms with E-state index in [1.54, 1.807) is 6.92 Å². The molecule has 1 aromatic rings. The van der Waals surface area contributed by atoms with Gasteiger partial charge in [-0.3, -0.25) is 9.69 Å². The second-order valence-electron chi connectivity index (χ2n) is 3.73. The topological polar surface area (TPSA) is 71.3 Å². The Hall–Kier alpha value is -1.43. The molecule has 1 amide bonds. The van der Waals surface area contributed by atoms with Gasteiger partial charge in [-0.1, -0.05) is 5.16 Å². The molecule has 6 nitrogen and oxygen atoms in total. The van der Waals surface area contributed by atoms with Gasteiger partial charge in [0.1, 0.15) is 5.69 Å². The third-order valence-electron chi connectivity index (χ3n) is 2.48. The fraction of sp³-hybridized carbons (Fsp3) is 0.667. The largest absolute Gasteiger partial charge is 0.305 e. The van der Waals surface area contributed by atoms with Crippen molar-refractivity contribution in [2.75, 3.05) is 25.0 Å². The number of amides is 1. The summed E-state index contributed by atoms with van der Waals surface area (Å²) in [7, 11) is 0. The molecule has 15 heavy (non-hydrogen) atoms. The van der Waals surface area contributed by atoms with E-state index in [0.717, 1.165) is 13.1 Å². The summed E-state index contributed by atoms with van der Waals surface area (Å²) in [5.74, 6) is 0.356. The Labute approximate surface area is 87.6 Å². The number of anilines is 1. The molecule has 82 valence electrons. The number of carbonyl (C=O) groups excluding carboxylic acids is 1. The highest BCUT2D eigenvalue weighted by Crippen LogP contribution is 2.09. The van der Waals surface area contributed by atoms with Crippen molar-refractivity contribution in [3.8, 4) is 0 Å². The minimum atomic E-state index is -0.0595. The summed E-state index contributed by atoms with van der Waals surface area (Å²) in [6.07, 6.45) is 2.36. The zero-order valence-electron chi connectivity index (χ0n) is 8.69. The lowest BCUT2D eigenvalue weighted by atomic mass is 10.4. The summed E-state index contributed by atoms with van der Waals surface area (Å²) in [6.45, 7) is 4.17. The molecule has 6 heteroatoms. The fourth-order valence-electron chi connectivity index (χ4n) is 1.66. The molecular weight excluding hydrogens is 196 g/mol. The highest BCUT2D eigenvalue weighted by atomic mass is 16.6. The normalized spacial score (nSPS) is 16.9. The van der Waals surface area contributed by atoms with E-state index >= 15 is 0 Å². The van der Waals surface area contributed by atoms with E-state index in [1.165, 1.54) is 12.8 Å². The highest BCUT2D eigenvalue weighted by Gasteiger charge is 2.16. The van der Waals surface area contributed by atoms with Crippen molar-refractivity contribution < 1.29 is 9.42 Å². The lowest BCUT2D eigenvalue weighted by Crippen LogP contribution is -2.31. The number of aryl methyl sites for hydroxylation is 1. The van der Waals surface area contributed by atoms with Gasteiger partial charge in [0.05, 0.1) is 6.54 Å². The average molecular weight is 210 g/mol. The molecule has 0 atom stereocenters. The number of carbonyl (C=O) groups is 1. The number of aromatic nitrogens is 2. The molecule has 0 aliphatic carbocycles. The number of hydrogen-bond donors (Lipinski definition) is 1. The van der Waals surface area contributed by atoms with E-state index in [1.807, 2.05) is 0 Å². The molecule has 0 saturated carbocycles. The van der Waals surface area contributed by atoms with Crippen LogP contribution in [0.3, 0.4) is 0 Å². The molecule has 0 bridgehead atoms. The number of likely N-dealkylation sites (tertiary alicyclic amines) is 1. The molecule has 0 unspecified atom stereocenters. The van der Waals surface area contributed by atoms with E-state index in [2.05, 4.69) is 25.2 Å². The molecule has 1 aromatic heterocycles. The van der Waals surface area contributed by atoms with Crippen molar-refractivity contribution in [1.29, 1.82) is 0 Å². The predicted octanol–water partition coefficient (Wildman–Crippen LogP) is 0.412. The molecule has 1 aliphatic rings. The Morgan fingerprint density at radius 3 is 2.80 bits per heavy atom. The Bertz CT molecular complexity index is 344. The van der Waals surface area contributed by atoms with Crippen LogP contribution in [0.2, 0.25) is 0 Å². The number of nitrogens with zero attached hydrogens (tertiary/aromatic N) is 3. The lowest BCUT2D eigenvalue weighted by Gasteiger charge is -2.12. The van der Waals surface area contributed by atoms with Gasteiger partial charge in [0.25, 0.3) is 0 Å². The van der Waals surface area contributed by atoms with Crippen LogP contribution in [0.5, 0.6) is 0 Å². The Morgan fingerprint density at radius 2 is 2.20 bits per heavy atom. The smallest absolute Gasteiger partial charge is 0.239 e. The summed E-state index contributed by atoms with van der Waals surface area (Å²) in [5, 5.41) is 9.85. The molecule has 1 fully saturated rings. The number of rotatable bonds is 3. The van der Waals surface area contributed by atoms with Gasteiger partial charge in [0.15, 0.2) is 5.82 Å². The van der Waals surface area contributed by atoms with Crippen molar-refractivity contribution >= 4 is 11.7 Å². The van der Waals surface area contributed by atoms with E-state index in [9.17, 15) is 4.79 Å². The van der Waals surface area contributed by atoms with Crippen molar-refractivity contribution in [1.82, 2.24) is 15.2 Å². The number of hydrogen-bond acceptors (Lipinski definition) is 5. The van der Waals surface area contributed by atoms with Crippen LogP contribution in [-0.4, -0.2) is 40.8 Å². The van der Waals surface area contributed by atoms with Gasteiger partial charge in [0, 0.05) is 0 Å². The van der Waals surface area contributed by atoms with E-state index < -0.39 is 0 Å².